The number of aromatic carboxylic acids is 1. The summed E-state index contributed by atoms with van der Waals surface area (Å²) in [5.74, 6) is -1.82. The Balaban J connectivity index is 1.77. The van der Waals surface area contributed by atoms with E-state index in [2.05, 4.69) is 9.71 Å². The summed E-state index contributed by atoms with van der Waals surface area (Å²) < 4.78 is 42.9. The summed E-state index contributed by atoms with van der Waals surface area (Å²) in [6, 6.07) is 17.1. The number of aromatic amines is 1. The number of hydrogen-bond donors (Lipinski definition) is 3. The Morgan fingerprint density at radius 3 is 2.27 bits per heavy atom. The highest BCUT2D eigenvalue weighted by Gasteiger charge is 2.22. The molecule has 0 unspecified atom stereocenters. The number of carboxylic acids is 1. The third-order valence-electron chi connectivity index (χ3n) is 5.44. The van der Waals surface area contributed by atoms with Gasteiger partial charge < -0.3 is 10.1 Å². The molecule has 0 amide bonds. The van der Waals surface area contributed by atoms with Gasteiger partial charge in [0.15, 0.2) is 0 Å². The number of rotatable bonds is 5. The van der Waals surface area contributed by atoms with Crippen molar-refractivity contribution in [2.24, 2.45) is 0 Å². The van der Waals surface area contributed by atoms with E-state index < -0.39 is 21.8 Å². The van der Waals surface area contributed by atoms with E-state index in [1.807, 2.05) is 20.8 Å². The van der Waals surface area contributed by atoms with Gasteiger partial charge in [0, 0.05) is 27.7 Å². The van der Waals surface area contributed by atoms with Crippen LogP contribution in [0, 0.1) is 5.82 Å². The molecule has 33 heavy (non-hydrogen) atoms. The summed E-state index contributed by atoms with van der Waals surface area (Å²) in [4.78, 5) is 14.7. The van der Waals surface area contributed by atoms with Crippen molar-refractivity contribution in [2.75, 3.05) is 4.72 Å². The van der Waals surface area contributed by atoms with Gasteiger partial charge in [-0.1, -0.05) is 51.1 Å². The minimum absolute atomic E-state index is 0.102. The lowest BCUT2D eigenvalue weighted by molar-refractivity contribution is 0.0692. The maximum Gasteiger partial charge on any atom is 0.352 e. The number of nitrogens with one attached hydrogen (secondary N) is 2. The van der Waals surface area contributed by atoms with Crippen LogP contribution in [0.1, 0.15) is 36.8 Å². The maximum absolute atomic E-state index is 14.5. The molecule has 0 aliphatic rings. The van der Waals surface area contributed by atoms with Crippen molar-refractivity contribution in [3.05, 3.63) is 83.8 Å². The van der Waals surface area contributed by atoms with Crippen molar-refractivity contribution in [2.45, 2.75) is 31.1 Å². The second-order valence-electron chi connectivity index (χ2n) is 8.80. The summed E-state index contributed by atoms with van der Waals surface area (Å²) in [6.07, 6.45) is 0. The number of fused-ring (bicyclic) bond motifs is 1. The van der Waals surface area contributed by atoms with Crippen molar-refractivity contribution in [3.63, 3.8) is 0 Å². The van der Waals surface area contributed by atoms with Gasteiger partial charge in [0.1, 0.15) is 11.5 Å². The SMILES string of the molecule is CC(C)(C)c1ccc(S(=O)(=O)Nc2ccc3[nH]c(C(=O)O)c(-c4ccccc4F)c3c2)cc1. The molecule has 1 heterocycles. The summed E-state index contributed by atoms with van der Waals surface area (Å²) in [6.45, 7) is 6.12. The van der Waals surface area contributed by atoms with Crippen LogP contribution in [-0.2, 0) is 15.4 Å². The Labute approximate surface area is 191 Å². The second-order valence-corrected chi connectivity index (χ2v) is 10.5. The Hall–Kier alpha value is -3.65. The smallest absolute Gasteiger partial charge is 0.352 e. The molecule has 0 aliphatic carbocycles. The Morgan fingerprint density at radius 1 is 1.00 bits per heavy atom. The minimum atomic E-state index is -3.89. The first kappa shape index (κ1) is 22.5. The van der Waals surface area contributed by atoms with Crippen LogP contribution in [0.4, 0.5) is 10.1 Å². The Bertz CT molecular complexity index is 1470. The lowest BCUT2D eigenvalue weighted by Gasteiger charge is -2.19. The maximum atomic E-state index is 14.5. The molecule has 0 saturated carbocycles. The average molecular weight is 467 g/mol. The standard InChI is InChI=1S/C25H23FN2O4S/c1-25(2,3)15-8-11-17(12-9-15)33(31,32)28-16-10-13-21-19(14-16)22(23(27-21)24(29)30)18-6-4-5-7-20(18)26/h4-14,27-28H,1-3H3,(H,29,30). The first-order valence-electron chi connectivity index (χ1n) is 10.2. The monoisotopic (exact) mass is 466 g/mol. The molecule has 1 aromatic heterocycles. The van der Waals surface area contributed by atoms with Crippen molar-refractivity contribution in [1.29, 1.82) is 0 Å². The molecular formula is C25H23FN2O4S. The van der Waals surface area contributed by atoms with Crippen LogP contribution < -0.4 is 4.72 Å². The molecule has 3 N–H and O–H groups in total. The van der Waals surface area contributed by atoms with Crippen LogP contribution in [0.3, 0.4) is 0 Å². The van der Waals surface area contributed by atoms with Crippen molar-refractivity contribution < 1.29 is 22.7 Å². The highest BCUT2D eigenvalue weighted by atomic mass is 32.2. The first-order valence-corrected chi connectivity index (χ1v) is 11.7. The third-order valence-corrected chi connectivity index (χ3v) is 6.84. The van der Waals surface area contributed by atoms with Crippen LogP contribution in [-0.4, -0.2) is 24.5 Å². The van der Waals surface area contributed by atoms with E-state index in [1.54, 1.807) is 36.4 Å². The largest absolute Gasteiger partial charge is 0.477 e. The second kappa shape index (κ2) is 8.04. The third kappa shape index (κ3) is 4.34. The van der Waals surface area contributed by atoms with Gasteiger partial charge in [-0.15, -0.1) is 0 Å². The van der Waals surface area contributed by atoms with Crippen molar-refractivity contribution in [3.8, 4) is 11.1 Å². The average Bonchev–Trinajstić information content (AvgIpc) is 3.12. The van der Waals surface area contributed by atoms with Gasteiger partial charge in [0.2, 0.25) is 0 Å². The molecule has 6 nitrogen and oxygen atoms in total. The predicted molar refractivity (Wildman–Crippen MR) is 127 cm³/mol. The normalized spacial score (nSPS) is 12.1. The molecule has 0 bridgehead atoms. The zero-order valence-corrected chi connectivity index (χ0v) is 19.1. The van der Waals surface area contributed by atoms with Gasteiger partial charge in [-0.2, -0.15) is 0 Å². The van der Waals surface area contributed by atoms with Crippen molar-refractivity contribution in [1.82, 2.24) is 4.98 Å². The van der Waals surface area contributed by atoms with E-state index in [9.17, 15) is 22.7 Å². The van der Waals surface area contributed by atoms with E-state index in [0.717, 1.165) is 5.56 Å². The molecule has 4 rings (SSSR count). The van der Waals surface area contributed by atoms with E-state index in [0.29, 0.717) is 10.9 Å². The summed E-state index contributed by atoms with van der Waals surface area (Å²) in [5, 5.41) is 10.0. The number of carboxylic acid groups (broad SMARTS) is 1. The fourth-order valence-electron chi connectivity index (χ4n) is 3.71. The zero-order chi connectivity index (χ0) is 24.0. The van der Waals surface area contributed by atoms with E-state index >= 15 is 0 Å². The molecule has 0 saturated heterocycles. The molecule has 0 fully saturated rings. The highest BCUT2D eigenvalue weighted by Crippen LogP contribution is 2.36. The lowest BCUT2D eigenvalue weighted by atomic mass is 9.87. The lowest BCUT2D eigenvalue weighted by Crippen LogP contribution is -2.14. The Kier molecular flexibility index (Phi) is 5.49. The van der Waals surface area contributed by atoms with Crippen molar-refractivity contribution >= 4 is 32.6 Å². The molecule has 8 heteroatoms. The fourth-order valence-corrected chi connectivity index (χ4v) is 4.76. The van der Waals surface area contributed by atoms with Crippen LogP contribution in [0.25, 0.3) is 22.0 Å². The molecule has 0 atom stereocenters. The van der Waals surface area contributed by atoms with Gasteiger partial charge in [-0.25, -0.2) is 17.6 Å². The molecule has 4 aromatic rings. The van der Waals surface area contributed by atoms with Gasteiger partial charge in [-0.05, 0) is 47.4 Å². The minimum Gasteiger partial charge on any atom is -0.477 e. The van der Waals surface area contributed by atoms with Crippen LogP contribution in [0.15, 0.2) is 71.6 Å². The van der Waals surface area contributed by atoms with E-state index in [4.69, 9.17) is 0 Å². The molecule has 0 radical (unpaired) electrons. The topological polar surface area (TPSA) is 99.3 Å². The first-order chi connectivity index (χ1) is 15.5. The summed E-state index contributed by atoms with van der Waals surface area (Å²) in [7, 11) is -3.89. The van der Waals surface area contributed by atoms with Gasteiger partial charge >= 0.3 is 5.97 Å². The van der Waals surface area contributed by atoms with E-state index in [1.165, 1.54) is 30.3 Å². The summed E-state index contributed by atoms with van der Waals surface area (Å²) >= 11 is 0. The summed E-state index contributed by atoms with van der Waals surface area (Å²) in [5.41, 5.74) is 1.67. The Morgan fingerprint density at radius 2 is 1.67 bits per heavy atom. The molecule has 170 valence electrons. The number of benzene rings is 3. The van der Waals surface area contributed by atoms with E-state index in [-0.39, 0.29) is 32.8 Å². The number of aromatic nitrogens is 1. The zero-order valence-electron chi connectivity index (χ0n) is 18.3. The number of carbonyl (C=O) groups is 1. The van der Waals surface area contributed by atoms with Crippen LogP contribution in [0.5, 0.6) is 0 Å². The van der Waals surface area contributed by atoms with Gasteiger partial charge in [-0.3, -0.25) is 4.72 Å². The van der Waals surface area contributed by atoms with Crippen LogP contribution >= 0.6 is 0 Å². The van der Waals surface area contributed by atoms with Gasteiger partial charge in [0.05, 0.1) is 4.90 Å². The number of halogens is 1. The van der Waals surface area contributed by atoms with Gasteiger partial charge in [0.25, 0.3) is 10.0 Å². The molecule has 0 aliphatic heterocycles. The highest BCUT2D eigenvalue weighted by molar-refractivity contribution is 7.92. The molecular weight excluding hydrogens is 443 g/mol. The molecule has 0 spiro atoms. The quantitative estimate of drug-likeness (QED) is 0.348. The van der Waals surface area contributed by atoms with Crippen LogP contribution in [0.2, 0.25) is 0 Å². The number of H-pyrrole nitrogens is 1. The fraction of sp³-hybridized carbons (Fsp3) is 0.160. The molecule has 3 aromatic carbocycles. The predicted octanol–water partition coefficient (Wildman–Crippen LogP) is 5.77. The number of sulfonamides is 1. The number of anilines is 1. The number of hydrogen-bond acceptors (Lipinski definition) is 3.